The quantitative estimate of drug-likeness (QED) is 0.516. The van der Waals surface area contributed by atoms with E-state index in [1.165, 1.54) is 16.7 Å². The van der Waals surface area contributed by atoms with Crippen molar-refractivity contribution < 1.29 is 0 Å². The summed E-state index contributed by atoms with van der Waals surface area (Å²) < 4.78 is 0. The fraction of sp³-hybridized carbons (Fsp3) is 0.346. The topological polar surface area (TPSA) is 76.7 Å². The van der Waals surface area contributed by atoms with Crippen LogP contribution < -0.4 is 11.1 Å². The van der Waals surface area contributed by atoms with Gasteiger partial charge in [0.2, 0.25) is 0 Å². The normalized spacial score (nSPS) is 11.8. The molecule has 0 amide bonds. The van der Waals surface area contributed by atoms with E-state index in [4.69, 9.17) is 5.73 Å². The zero-order valence-corrected chi connectivity index (χ0v) is 18.9. The minimum absolute atomic E-state index is 0.615. The predicted octanol–water partition coefficient (Wildman–Crippen LogP) is 4.30. The average Bonchev–Trinajstić information content (AvgIpc) is 2.82. The number of allylic oxidation sites excluding steroid dienone is 2. The van der Waals surface area contributed by atoms with Gasteiger partial charge >= 0.3 is 0 Å². The van der Waals surface area contributed by atoms with Crippen LogP contribution in [0.3, 0.4) is 0 Å². The summed E-state index contributed by atoms with van der Waals surface area (Å²) in [7, 11) is 0. The number of nitrogens with zero attached hydrogens (tertiary/aromatic N) is 3. The molecule has 0 saturated carbocycles. The van der Waals surface area contributed by atoms with Gasteiger partial charge in [-0.15, -0.1) is 0 Å². The molecule has 0 fully saturated rings. The van der Waals surface area contributed by atoms with Crippen LogP contribution in [0.15, 0.2) is 66.4 Å². The van der Waals surface area contributed by atoms with Crippen LogP contribution in [-0.4, -0.2) is 15.0 Å². The van der Waals surface area contributed by atoms with Crippen LogP contribution in [0, 0.1) is 0 Å². The van der Waals surface area contributed by atoms with Crippen molar-refractivity contribution in [2.75, 3.05) is 0 Å². The highest BCUT2D eigenvalue weighted by Crippen LogP contribution is 2.17. The number of aromatic nitrogens is 3. The molecule has 3 aromatic heterocycles. The summed E-state index contributed by atoms with van der Waals surface area (Å²) in [5.74, 6) is 0. The Morgan fingerprint density at radius 2 is 1.16 bits per heavy atom. The average molecular weight is 416 g/mol. The first kappa shape index (κ1) is 22.5. The Bertz CT molecular complexity index is 1030. The van der Waals surface area contributed by atoms with E-state index >= 15 is 0 Å². The van der Waals surface area contributed by atoms with E-state index in [-0.39, 0.29) is 0 Å². The second kappa shape index (κ2) is 11.3. The molecule has 0 atom stereocenters. The molecule has 162 valence electrons. The first-order chi connectivity index (χ1) is 15.2. The van der Waals surface area contributed by atoms with Crippen LogP contribution in [0.2, 0.25) is 0 Å². The monoisotopic (exact) mass is 415 g/mol. The number of hydrogen-bond donors (Lipinski definition) is 2. The van der Waals surface area contributed by atoms with Crippen molar-refractivity contribution in [3.63, 3.8) is 0 Å². The van der Waals surface area contributed by atoms with E-state index in [1.807, 2.05) is 36.8 Å². The van der Waals surface area contributed by atoms with E-state index in [9.17, 15) is 0 Å². The van der Waals surface area contributed by atoms with Gasteiger partial charge in [-0.2, -0.15) is 0 Å². The molecule has 0 aromatic carbocycles. The molecule has 3 heterocycles. The summed E-state index contributed by atoms with van der Waals surface area (Å²) in [4.78, 5) is 13.8. The van der Waals surface area contributed by atoms with E-state index in [2.05, 4.69) is 59.2 Å². The molecule has 5 nitrogen and oxygen atoms in total. The molecule has 0 unspecified atom stereocenters. The van der Waals surface area contributed by atoms with Crippen molar-refractivity contribution in [2.45, 2.75) is 59.4 Å². The minimum Gasteiger partial charge on any atom is -0.400 e. The van der Waals surface area contributed by atoms with Crippen LogP contribution in [0.25, 0.3) is 0 Å². The second-order valence-electron chi connectivity index (χ2n) is 7.60. The summed E-state index contributed by atoms with van der Waals surface area (Å²) in [6.07, 6.45) is 9.64. The zero-order chi connectivity index (χ0) is 22.1. The standard InChI is InChI=1S/C26H33N5/c1-4-19-10-7-13-28-23(19)16-22(27)25(17-24-20(5-2)11-8-14-29-24)31-18-26-21(6-3)12-9-15-30-26/h7-15,31H,4-6,16-18,27H2,1-3H3/b25-22+. The number of pyridine rings is 3. The lowest BCUT2D eigenvalue weighted by molar-refractivity contribution is 0.722. The van der Waals surface area contributed by atoms with Crippen molar-refractivity contribution in [2.24, 2.45) is 5.73 Å². The molecule has 0 bridgehead atoms. The highest BCUT2D eigenvalue weighted by Gasteiger charge is 2.13. The number of rotatable bonds is 10. The molecule has 31 heavy (non-hydrogen) atoms. The maximum atomic E-state index is 6.68. The first-order valence-electron chi connectivity index (χ1n) is 11.2. The van der Waals surface area contributed by atoms with Gasteiger partial charge in [-0.05, 0) is 54.2 Å². The minimum atomic E-state index is 0.615. The largest absolute Gasteiger partial charge is 0.400 e. The fourth-order valence-corrected chi connectivity index (χ4v) is 3.79. The van der Waals surface area contributed by atoms with Crippen LogP contribution in [0.4, 0.5) is 0 Å². The van der Waals surface area contributed by atoms with Gasteiger partial charge in [-0.3, -0.25) is 15.0 Å². The first-order valence-corrected chi connectivity index (χ1v) is 11.2. The van der Waals surface area contributed by atoms with Crippen LogP contribution in [0.1, 0.15) is 54.5 Å². The van der Waals surface area contributed by atoms with Gasteiger partial charge in [0.25, 0.3) is 0 Å². The third-order valence-corrected chi connectivity index (χ3v) is 5.66. The highest BCUT2D eigenvalue weighted by atomic mass is 14.9. The van der Waals surface area contributed by atoms with Gasteiger partial charge in [-0.1, -0.05) is 39.0 Å². The molecule has 0 aliphatic carbocycles. The Morgan fingerprint density at radius 1 is 0.710 bits per heavy atom. The number of nitrogens with one attached hydrogen (secondary N) is 1. The summed E-state index contributed by atoms with van der Waals surface area (Å²) in [6.45, 7) is 7.09. The molecule has 5 heteroatoms. The van der Waals surface area contributed by atoms with Crippen LogP contribution in [0.5, 0.6) is 0 Å². The fourth-order valence-electron chi connectivity index (χ4n) is 3.79. The van der Waals surface area contributed by atoms with E-state index in [0.717, 1.165) is 47.7 Å². The SMILES string of the molecule is CCc1cccnc1CN/C(Cc1ncccc1CC)=C(/N)Cc1ncccc1CC. The van der Waals surface area contributed by atoms with Crippen molar-refractivity contribution in [3.05, 3.63) is 100 Å². The third kappa shape index (κ3) is 5.91. The smallest absolute Gasteiger partial charge is 0.0626 e. The summed E-state index contributed by atoms with van der Waals surface area (Å²) in [5.41, 5.74) is 15.3. The summed E-state index contributed by atoms with van der Waals surface area (Å²) in [5, 5.41) is 3.59. The molecule has 3 N–H and O–H groups in total. The van der Waals surface area contributed by atoms with Gasteiger partial charge in [0.15, 0.2) is 0 Å². The lowest BCUT2D eigenvalue weighted by Gasteiger charge is -2.17. The van der Waals surface area contributed by atoms with Gasteiger partial charge in [0, 0.05) is 54.2 Å². The molecular formula is C26H33N5. The Labute approximate surface area is 185 Å². The van der Waals surface area contributed by atoms with Gasteiger partial charge in [0.1, 0.15) is 0 Å². The second-order valence-corrected chi connectivity index (χ2v) is 7.60. The van der Waals surface area contributed by atoms with Crippen molar-refractivity contribution >= 4 is 0 Å². The molecule has 0 spiro atoms. The predicted molar refractivity (Wildman–Crippen MR) is 126 cm³/mol. The number of aryl methyl sites for hydroxylation is 3. The maximum absolute atomic E-state index is 6.68. The molecule has 3 rings (SSSR count). The molecule has 3 aromatic rings. The lowest BCUT2D eigenvalue weighted by atomic mass is 10.0. The van der Waals surface area contributed by atoms with E-state index < -0.39 is 0 Å². The van der Waals surface area contributed by atoms with Gasteiger partial charge in [-0.25, -0.2) is 0 Å². The summed E-state index contributed by atoms with van der Waals surface area (Å²) >= 11 is 0. The maximum Gasteiger partial charge on any atom is 0.0626 e. The Balaban J connectivity index is 1.91. The Morgan fingerprint density at radius 3 is 1.68 bits per heavy atom. The van der Waals surface area contributed by atoms with Crippen LogP contribution in [-0.2, 0) is 38.6 Å². The molecule has 0 saturated heterocycles. The highest BCUT2D eigenvalue weighted by molar-refractivity contribution is 5.30. The third-order valence-electron chi connectivity index (χ3n) is 5.66. The van der Waals surface area contributed by atoms with Crippen molar-refractivity contribution in [1.82, 2.24) is 20.3 Å². The molecular weight excluding hydrogens is 382 g/mol. The molecule has 0 aliphatic rings. The van der Waals surface area contributed by atoms with Gasteiger partial charge < -0.3 is 11.1 Å². The van der Waals surface area contributed by atoms with E-state index in [0.29, 0.717) is 19.4 Å². The number of nitrogens with two attached hydrogens (primary N) is 1. The Kier molecular flexibility index (Phi) is 8.16. The molecule has 0 aliphatic heterocycles. The van der Waals surface area contributed by atoms with Crippen LogP contribution >= 0.6 is 0 Å². The van der Waals surface area contributed by atoms with Crippen molar-refractivity contribution in [3.8, 4) is 0 Å². The number of hydrogen-bond acceptors (Lipinski definition) is 5. The van der Waals surface area contributed by atoms with E-state index in [1.54, 1.807) is 0 Å². The van der Waals surface area contributed by atoms with Crippen molar-refractivity contribution in [1.29, 1.82) is 0 Å². The lowest BCUT2D eigenvalue weighted by Crippen LogP contribution is -2.23. The zero-order valence-electron chi connectivity index (χ0n) is 18.9. The molecule has 0 radical (unpaired) electrons. The van der Waals surface area contributed by atoms with Gasteiger partial charge in [0.05, 0.1) is 12.2 Å². The summed E-state index contributed by atoms with van der Waals surface area (Å²) in [6, 6.07) is 12.4. The Hall–Kier alpha value is -3.21.